The highest BCUT2D eigenvalue weighted by Gasteiger charge is 2.02. The Balaban J connectivity index is 3.25. The van der Waals surface area contributed by atoms with Crippen molar-refractivity contribution in [1.82, 2.24) is 0 Å². The minimum Gasteiger partial charge on any atom is -0.326 e. The number of benzene rings is 1. The molecule has 11 heavy (non-hydrogen) atoms. The van der Waals surface area contributed by atoms with Crippen molar-refractivity contribution < 1.29 is 0 Å². The monoisotopic (exact) mass is 213 g/mol. The van der Waals surface area contributed by atoms with Crippen molar-refractivity contribution in [2.45, 2.75) is 20.4 Å². The van der Waals surface area contributed by atoms with Crippen LogP contribution in [0, 0.1) is 13.8 Å². The van der Waals surface area contributed by atoms with E-state index < -0.39 is 0 Å². The molecule has 0 atom stereocenters. The molecule has 0 saturated carbocycles. The Morgan fingerprint density at radius 2 is 2.00 bits per heavy atom. The average molecular weight is 214 g/mol. The van der Waals surface area contributed by atoms with Crippen molar-refractivity contribution in [1.29, 1.82) is 0 Å². The van der Waals surface area contributed by atoms with E-state index in [1.165, 1.54) is 16.7 Å². The highest BCUT2D eigenvalue weighted by molar-refractivity contribution is 9.10. The summed E-state index contributed by atoms with van der Waals surface area (Å²) >= 11 is 3.51. The normalized spacial score (nSPS) is 10.2. The minimum absolute atomic E-state index is 0.599. The molecule has 0 aliphatic heterocycles. The molecule has 2 N–H and O–H groups in total. The molecule has 1 aromatic carbocycles. The first-order valence-electron chi connectivity index (χ1n) is 3.61. The molecule has 0 aliphatic carbocycles. The van der Waals surface area contributed by atoms with Gasteiger partial charge in [-0.2, -0.15) is 0 Å². The zero-order valence-electron chi connectivity index (χ0n) is 6.82. The standard InChI is InChI=1S/C9H12BrN/c1-6-3-4-8(5-11)9(10)7(6)2/h3-4H,5,11H2,1-2H3. The van der Waals surface area contributed by atoms with Crippen molar-refractivity contribution in [2.75, 3.05) is 0 Å². The van der Waals surface area contributed by atoms with Gasteiger partial charge in [-0.1, -0.05) is 28.1 Å². The Morgan fingerprint density at radius 1 is 1.36 bits per heavy atom. The third-order valence-electron chi connectivity index (χ3n) is 1.96. The zero-order chi connectivity index (χ0) is 8.43. The predicted octanol–water partition coefficient (Wildman–Crippen LogP) is 2.52. The Morgan fingerprint density at radius 3 is 2.55 bits per heavy atom. The molecule has 0 unspecified atom stereocenters. The van der Waals surface area contributed by atoms with Gasteiger partial charge < -0.3 is 5.73 Å². The van der Waals surface area contributed by atoms with E-state index in [4.69, 9.17) is 5.73 Å². The molecule has 0 heterocycles. The Kier molecular flexibility index (Phi) is 2.68. The molecule has 0 aromatic heterocycles. The topological polar surface area (TPSA) is 26.0 Å². The van der Waals surface area contributed by atoms with Gasteiger partial charge in [-0.3, -0.25) is 0 Å². The summed E-state index contributed by atoms with van der Waals surface area (Å²) in [7, 11) is 0. The molecular formula is C9H12BrN. The SMILES string of the molecule is Cc1ccc(CN)c(Br)c1C. The molecule has 0 amide bonds. The summed E-state index contributed by atoms with van der Waals surface area (Å²) in [5.41, 5.74) is 9.30. The van der Waals surface area contributed by atoms with Crippen molar-refractivity contribution in [3.63, 3.8) is 0 Å². The summed E-state index contributed by atoms with van der Waals surface area (Å²) < 4.78 is 1.15. The van der Waals surface area contributed by atoms with Crippen LogP contribution in [0.3, 0.4) is 0 Å². The summed E-state index contributed by atoms with van der Waals surface area (Å²) in [4.78, 5) is 0. The lowest BCUT2D eigenvalue weighted by atomic mass is 10.1. The Bertz CT molecular complexity index is 269. The molecule has 1 aromatic rings. The molecule has 0 bridgehead atoms. The van der Waals surface area contributed by atoms with E-state index in [2.05, 4.69) is 41.9 Å². The van der Waals surface area contributed by atoms with Crippen LogP contribution >= 0.6 is 15.9 Å². The third-order valence-corrected chi connectivity index (χ3v) is 3.06. The fourth-order valence-corrected chi connectivity index (χ4v) is 1.60. The van der Waals surface area contributed by atoms with E-state index in [0.29, 0.717) is 6.54 Å². The molecule has 2 heteroatoms. The summed E-state index contributed by atoms with van der Waals surface area (Å²) in [6, 6.07) is 4.16. The maximum atomic E-state index is 5.54. The zero-order valence-corrected chi connectivity index (χ0v) is 8.40. The van der Waals surface area contributed by atoms with Crippen LogP contribution in [0.5, 0.6) is 0 Å². The van der Waals surface area contributed by atoms with Gasteiger partial charge in [0.25, 0.3) is 0 Å². The molecule has 1 rings (SSSR count). The predicted molar refractivity (Wildman–Crippen MR) is 51.5 cm³/mol. The number of halogens is 1. The first kappa shape index (κ1) is 8.75. The van der Waals surface area contributed by atoms with Crippen LogP contribution in [0.15, 0.2) is 16.6 Å². The molecule has 0 spiro atoms. The van der Waals surface area contributed by atoms with Crippen molar-refractivity contribution >= 4 is 15.9 Å². The summed E-state index contributed by atoms with van der Waals surface area (Å²) in [5, 5.41) is 0. The summed E-state index contributed by atoms with van der Waals surface area (Å²) in [6.45, 7) is 4.79. The van der Waals surface area contributed by atoms with E-state index in [1.807, 2.05) is 0 Å². The number of nitrogens with two attached hydrogens (primary N) is 1. The van der Waals surface area contributed by atoms with E-state index >= 15 is 0 Å². The van der Waals surface area contributed by atoms with Gasteiger partial charge in [0.1, 0.15) is 0 Å². The van der Waals surface area contributed by atoms with E-state index in [-0.39, 0.29) is 0 Å². The number of hydrogen-bond acceptors (Lipinski definition) is 1. The second-order valence-corrected chi connectivity index (χ2v) is 3.48. The quantitative estimate of drug-likeness (QED) is 0.763. The maximum absolute atomic E-state index is 5.54. The minimum atomic E-state index is 0.599. The molecule has 1 nitrogen and oxygen atoms in total. The molecule has 60 valence electrons. The molecule has 0 fully saturated rings. The fraction of sp³-hybridized carbons (Fsp3) is 0.333. The van der Waals surface area contributed by atoms with Gasteiger partial charge in [-0.05, 0) is 30.5 Å². The maximum Gasteiger partial charge on any atom is 0.0252 e. The average Bonchev–Trinajstić information content (AvgIpc) is 2.01. The van der Waals surface area contributed by atoms with Gasteiger partial charge in [0, 0.05) is 11.0 Å². The van der Waals surface area contributed by atoms with Crippen LogP contribution < -0.4 is 5.73 Å². The van der Waals surface area contributed by atoms with E-state index in [0.717, 1.165) is 4.47 Å². The van der Waals surface area contributed by atoms with Crippen LogP contribution in [0.4, 0.5) is 0 Å². The first-order chi connectivity index (χ1) is 5.16. The lowest BCUT2D eigenvalue weighted by molar-refractivity contribution is 1.05. The molecule has 0 aliphatic rings. The van der Waals surface area contributed by atoms with E-state index in [9.17, 15) is 0 Å². The van der Waals surface area contributed by atoms with E-state index in [1.54, 1.807) is 0 Å². The second kappa shape index (κ2) is 3.37. The summed E-state index contributed by atoms with van der Waals surface area (Å²) in [5.74, 6) is 0. The van der Waals surface area contributed by atoms with Crippen LogP contribution in [0.1, 0.15) is 16.7 Å². The van der Waals surface area contributed by atoms with Crippen LogP contribution in [0.25, 0.3) is 0 Å². The van der Waals surface area contributed by atoms with Crippen molar-refractivity contribution in [3.8, 4) is 0 Å². The Hall–Kier alpha value is -0.340. The largest absolute Gasteiger partial charge is 0.326 e. The molecule has 0 radical (unpaired) electrons. The smallest absolute Gasteiger partial charge is 0.0252 e. The van der Waals surface area contributed by atoms with Crippen LogP contribution in [-0.2, 0) is 6.54 Å². The highest BCUT2D eigenvalue weighted by atomic mass is 79.9. The lowest BCUT2D eigenvalue weighted by Gasteiger charge is -2.06. The fourth-order valence-electron chi connectivity index (χ4n) is 0.995. The van der Waals surface area contributed by atoms with Gasteiger partial charge in [0.15, 0.2) is 0 Å². The van der Waals surface area contributed by atoms with Crippen LogP contribution in [-0.4, -0.2) is 0 Å². The number of rotatable bonds is 1. The lowest BCUT2D eigenvalue weighted by Crippen LogP contribution is -1.99. The molecular weight excluding hydrogens is 202 g/mol. The van der Waals surface area contributed by atoms with Gasteiger partial charge in [0.2, 0.25) is 0 Å². The summed E-state index contributed by atoms with van der Waals surface area (Å²) in [6.07, 6.45) is 0. The molecule has 0 saturated heterocycles. The van der Waals surface area contributed by atoms with Gasteiger partial charge >= 0.3 is 0 Å². The first-order valence-corrected chi connectivity index (χ1v) is 4.40. The Labute approximate surface area is 75.7 Å². The number of aryl methyl sites for hydroxylation is 1. The third kappa shape index (κ3) is 1.63. The van der Waals surface area contributed by atoms with Gasteiger partial charge in [0.05, 0.1) is 0 Å². The highest BCUT2D eigenvalue weighted by Crippen LogP contribution is 2.23. The second-order valence-electron chi connectivity index (χ2n) is 2.68. The van der Waals surface area contributed by atoms with Crippen molar-refractivity contribution in [2.24, 2.45) is 5.73 Å². The number of hydrogen-bond donors (Lipinski definition) is 1. The van der Waals surface area contributed by atoms with Crippen molar-refractivity contribution in [3.05, 3.63) is 33.3 Å². The van der Waals surface area contributed by atoms with Gasteiger partial charge in [-0.25, -0.2) is 0 Å². The van der Waals surface area contributed by atoms with Crippen LogP contribution in [0.2, 0.25) is 0 Å². The van der Waals surface area contributed by atoms with Gasteiger partial charge in [-0.15, -0.1) is 0 Å².